The van der Waals surface area contributed by atoms with E-state index in [9.17, 15) is 8.42 Å². The van der Waals surface area contributed by atoms with Crippen molar-refractivity contribution in [3.05, 3.63) is 64.7 Å². The SMILES string of the molecule is Cc1ccc2c(c1)CC1c3ccccc3CN1S2(=O)=O. The van der Waals surface area contributed by atoms with Crippen LogP contribution in [0.15, 0.2) is 47.4 Å². The van der Waals surface area contributed by atoms with Gasteiger partial charge < -0.3 is 0 Å². The molecule has 2 aliphatic rings. The van der Waals surface area contributed by atoms with E-state index in [4.69, 9.17) is 0 Å². The van der Waals surface area contributed by atoms with E-state index in [1.54, 1.807) is 10.4 Å². The third kappa shape index (κ3) is 1.52. The lowest BCUT2D eigenvalue weighted by molar-refractivity contribution is 0.335. The lowest BCUT2D eigenvalue weighted by Crippen LogP contribution is -2.35. The molecule has 0 N–H and O–H groups in total. The largest absolute Gasteiger partial charge is 0.244 e. The van der Waals surface area contributed by atoms with Crippen LogP contribution in [0.5, 0.6) is 0 Å². The van der Waals surface area contributed by atoms with E-state index in [0.29, 0.717) is 11.4 Å². The second-order valence-corrected chi connectivity index (χ2v) is 7.44. The number of fused-ring (bicyclic) bond motifs is 4. The minimum atomic E-state index is -3.37. The number of nitrogens with zero attached hydrogens (tertiary/aromatic N) is 1. The highest BCUT2D eigenvalue weighted by molar-refractivity contribution is 7.89. The minimum Gasteiger partial charge on any atom is -0.207 e. The van der Waals surface area contributed by atoms with Crippen molar-refractivity contribution in [2.75, 3.05) is 0 Å². The van der Waals surface area contributed by atoms with Crippen molar-refractivity contribution in [2.45, 2.75) is 30.8 Å². The summed E-state index contributed by atoms with van der Waals surface area (Å²) < 4.78 is 27.2. The molecule has 3 nitrogen and oxygen atoms in total. The van der Waals surface area contributed by atoms with Gasteiger partial charge in [-0.15, -0.1) is 0 Å². The molecule has 20 heavy (non-hydrogen) atoms. The highest BCUT2D eigenvalue weighted by Gasteiger charge is 2.43. The molecule has 1 atom stereocenters. The molecule has 0 saturated heterocycles. The molecule has 4 heteroatoms. The van der Waals surface area contributed by atoms with Crippen molar-refractivity contribution in [1.82, 2.24) is 4.31 Å². The summed E-state index contributed by atoms with van der Waals surface area (Å²) in [5.41, 5.74) is 4.34. The van der Waals surface area contributed by atoms with E-state index in [2.05, 4.69) is 6.07 Å². The van der Waals surface area contributed by atoms with Gasteiger partial charge in [-0.1, -0.05) is 42.0 Å². The number of hydrogen-bond donors (Lipinski definition) is 0. The van der Waals surface area contributed by atoms with Gasteiger partial charge in [0.05, 0.1) is 10.9 Å². The van der Waals surface area contributed by atoms with Crippen molar-refractivity contribution in [2.24, 2.45) is 0 Å². The number of rotatable bonds is 0. The molecule has 4 rings (SSSR count). The van der Waals surface area contributed by atoms with Gasteiger partial charge in [0, 0.05) is 6.54 Å². The Morgan fingerprint density at radius 3 is 2.75 bits per heavy atom. The molecule has 2 aromatic rings. The zero-order valence-electron chi connectivity index (χ0n) is 11.2. The second kappa shape index (κ2) is 3.93. The van der Waals surface area contributed by atoms with E-state index >= 15 is 0 Å². The van der Waals surface area contributed by atoms with Crippen LogP contribution in [0.2, 0.25) is 0 Å². The summed E-state index contributed by atoms with van der Waals surface area (Å²) in [7, 11) is -3.37. The Morgan fingerprint density at radius 1 is 1.10 bits per heavy atom. The van der Waals surface area contributed by atoms with Crippen LogP contribution in [0.4, 0.5) is 0 Å². The normalized spacial score (nSPS) is 22.9. The lowest BCUT2D eigenvalue weighted by Gasteiger charge is -2.31. The van der Waals surface area contributed by atoms with Crippen molar-refractivity contribution < 1.29 is 8.42 Å². The Hall–Kier alpha value is -1.65. The smallest absolute Gasteiger partial charge is 0.207 e. The Labute approximate surface area is 118 Å². The van der Waals surface area contributed by atoms with Gasteiger partial charge in [-0.25, -0.2) is 8.42 Å². The van der Waals surface area contributed by atoms with Crippen LogP contribution in [-0.2, 0) is 23.0 Å². The van der Waals surface area contributed by atoms with Crippen molar-refractivity contribution in [3.63, 3.8) is 0 Å². The first-order chi connectivity index (χ1) is 9.57. The molecule has 0 fully saturated rings. The van der Waals surface area contributed by atoms with Crippen LogP contribution >= 0.6 is 0 Å². The van der Waals surface area contributed by atoms with E-state index in [-0.39, 0.29) is 6.04 Å². The standard InChI is InChI=1S/C16H15NO2S/c1-11-6-7-16-13(8-11)9-15-14-5-3-2-4-12(14)10-17(15)20(16,18)19/h2-8,15H,9-10H2,1H3. The highest BCUT2D eigenvalue weighted by Crippen LogP contribution is 2.44. The fraction of sp³-hybridized carbons (Fsp3) is 0.250. The van der Waals surface area contributed by atoms with Crippen molar-refractivity contribution in [3.8, 4) is 0 Å². The lowest BCUT2D eigenvalue weighted by atomic mass is 9.97. The number of sulfonamides is 1. The fourth-order valence-electron chi connectivity index (χ4n) is 3.35. The molecule has 102 valence electrons. The molecule has 1 unspecified atom stereocenters. The van der Waals surface area contributed by atoms with Crippen LogP contribution in [0.25, 0.3) is 0 Å². The second-order valence-electron chi connectivity index (χ2n) is 5.58. The van der Waals surface area contributed by atoms with Gasteiger partial charge >= 0.3 is 0 Å². The van der Waals surface area contributed by atoms with Gasteiger partial charge in [-0.05, 0) is 36.1 Å². The first kappa shape index (κ1) is 12.1. The molecule has 0 saturated carbocycles. The predicted molar refractivity (Wildman–Crippen MR) is 76.8 cm³/mol. The molecular weight excluding hydrogens is 270 g/mol. The van der Waals surface area contributed by atoms with Crippen LogP contribution in [-0.4, -0.2) is 12.7 Å². The third-order valence-electron chi connectivity index (χ3n) is 4.30. The van der Waals surface area contributed by atoms with Gasteiger partial charge in [-0.3, -0.25) is 0 Å². The Balaban J connectivity index is 1.94. The first-order valence-electron chi connectivity index (χ1n) is 6.76. The molecule has 0 bridgehead atoms. The van der Waals surface area contributed by atoms with Crippen LogP contribution in [0.1, 0.15) is 28.3 Å². The van der Waals surface area contributed by atoms with Gasteiger partial charge in [-0.2, -0.15) is 4.31 Å². The van der Waals surface area contributed by atoms with Gasteiger partial charge in [0.2, 0.25) is 10.0 Å². The molecule has 2 aromatic carbocycles. The maximum Gasteiger partial charge on any atom is 0.244 e. The number of benzene rings is 2. The summed E-state index contributed by atoms with van der Waals surface area (Å²) in [6, 6.07) is 13.6. The molecule has 0 amide bonds. The molecule has 2 heterocycles. The zero-order chi connectivity index (χ0) is 13.9. The number of hydrogen-bond acceptors (Lipinski definition) is 2. The predicted octanol–water partition coefficient (Wildman–Crippen LogP) is 2.80. The Morgan fingerprint density at radius 2 is 1.90 bits per heavy atom. The van der Waals surface area contributed by atoms with E-state index in [1.165, 1.54) is 0 Å². The molecular formula is C16H15NO2S. The summed E-state index contributed by atoms with van der Waals surface area (Å²) in [6.07, 6.45) is 0.771. The van der Waals surface area contributed by atoms with Gasteiger partial charge in [0.1, 0.15) is 0 Å². The summed E-state index contributed by atoms with van der Waals surface area (Å²) in [4.78, 5) is 0.479. The monoisotopic (exact) mass is 285 g/mol. The van der Waals surface area contributed by atoms with Crippen molar-refractivity contribution >= 4 is 10.0 Å². The molecule has 2 aliphatic heterocycles. The van der Waals surface area contributed by atoms with Crippen LogP contribution in [0.3, 0.4) is 0 Å². The highest BCUT2D eigenvalue weighted by atomic mass is 32.2. The van der Waals surface area contributed by atoms with E-state index < -0.39 is 10.0 Å². The molecule has 0 radical (unpaired) electrons. The Bertz CT molecular complexity index is 811. The summed E-state index contributed by atoms with van der Waals surface area (Å²) >= 11 is 0. The average Bonchev–Trinajstić information content (AvgIpc) is 2.78. The van der Waals surface area contributed by atoms with Crippen molar-refractivity contribution in [1.29, 1.82) is 0 Å². The summed E-state index contributed by atoms with van der Waals surface area (Å²) in [6.45, 7) is 2.50. The molecule has 0 aliphatic carbocycles. The van der Waals surface area contributed by atoms with Gasteiger partial charge in [0.15, 0.2) is 0 Å². The minimum absolute atomic E-state index is 0.0366. The maximum atomic E-state index is 12.8. The third-order valence-corrected chi connectivity index (χ3v) is 6.26. The van der Waals surface area contributed by atoms with Gasteiger partial charge in [0.25, 0.3) is 0 Å². The Kier molecular flexibility index (Phi) is 2.38. The first-order valence-corrected chi connectivity index (χ1v) is 8.20. The topological polar surface area (TPSA) is 37.4 Å². The summed E-state index contributed by atoms with van der Waals surface area (Å²) in [5, 5.41) is 0. The summed E-state index contributed by atoms with van der Waals surface area (Å²) in [5.74, 6) is 0. The van der Waals surface area contributed by atoms with E-state index in [1.807, 2.05) is 37.3 Å². The quantitative estimate of drug-likeness (QED) is 0.746. The van der Waals surface area contributed by atoms with Crippen LogP contribution in [0, 0.1) is 6.92 Å². The molecule has 0 spiro atoms. The fourth-order valence-corrected chi connectivity index (χ4v) is 5.15. The maximum absolute atomic E-state index is 12.8. The van der Waals surface area contributed by atoms with E-state index in [0.717, 1.165) is 28.7 Å². The zero-order valence-corrected chi connectivity index (χ0v) is 12.0. The average molecular weight is 285 g/mol. The number of aryl methyl sites for hydroxylation is 1. The van der Waals surface area contributed by atoms with Crippen LogP contribution < -0.4 is 0 Å². The molecule has 0 aromatic heterocycles.